The molecular weight excluding hydrogens is 216 g/mol. The van der Waals surface area contributed by atoms with Gasteiger partial charge in [-0.1, -0.05) is 12.2 Å². The molecule has 1 heterocycles. The highest BCUT2D eigenvalue weighted by Crippen LogP contribution is 2.23. The van der Waals surface area contributed by atoms with Crippen LogP contribution >= 0.6 is 12.2 Å². The van der Waals surface area contributed by atoms with Crippen molar-refractivity contribution in [1.29, 1.82) is 0 Å². The maximum absolute atomic E-state index is 5.74. The van der Waals surface area contributed by atoms with Crippen molar-refractivity contribution in [2.24, 2.45) is 5.73 Å². The summed E-state index contributed by atoms with van der Waals surface area (Å²) in [6, 6.07) is 6.19. The second kappa shape index (κ2) is 3.83. The number of pyridine rings is 1. The van der Waals surface area contributed by atoms with E-state index < -0.39 is 0 Å². The van der Waals surface area contributed by atoms with Crippen LogP contribution in [0.25, 0.3) is 10.9 Å². The van der Waals surface area contributed by atoms with Crippen molar-refractivity contribution in [3.63, 3.8) is 0 Å². The van der Waals surface area contributed by atoms with Crippen molar-refractivity contribution in [3.8, 4) is 0 Å². The molecule has 0 radical (unpaired) electrons. The first-order valence-corrected chi connectivity index (χ1v) is 5.58. The molecule has 0 aliphatic rings. The molecule has 0 atom stereocenters. The number of nitrogens with zero attached hydrogens (tertiary/aromatic N) is 1. The molecule has 0 saturated carbocycles. The molecule has 0 amide bonds. The second-order valence-electron chi connectivity index (χ2n) is 4.15. The Bertz CT molecular complexity index is 588. The molecule has 0 bridgehead atoms. The molecular formula is C13H14N2S. The van der Waals surface area contributed by atoms with Crippen LogP contribution in [0, 0.1) is 20.8 Å². The van der Waals surface area contributed by atoms with E-state index in [9.17, 15) is 0 Å². The number of aromatic nitrogens is 1. The third-order valence-electron chi connectivity index (χ3n) is 2.66. The lowest BCUT2D eigenvalue weighted by Crippen LogP contribution is -2.11. The fourth-order valence-electron chi connectivity index (χ4n) is 1.99. The SMILES string of the molecule is Cc1cc(C(N)=S)c2nc(C)cc(C)c2c1. The van der Waals surface area contributed by atoms with Gasteiger partial charge in [-0.25, -0.2) is 0 Å². The number of hydrogen-bond acceptors (Lipinski definition) is 2. The Morgan fingerprint density at radius 3 is 2.50 bits per heavy atom. The first-order valence-electron chi connectivity index (χ1n) is 5.17. The standard InChI is InChI=1S/C13H14N2S/c1-7-4-10-8(2)6-9(3)15-12(10)11(5-7)13(14)16/h4-6H,1-3H3,(H2,14,16). The van der Waals surface area contributed by atoms with Gasteiger partial charge in [0.05, 0.1) is 5.52 Å². The summed E-state index contributed by atoms with van der Waals surface area (Å²) in [5, 5.41) is 1.13. The summed E-state index contributed by atoms with van der Waals surface area (Å²) in [7, 11) is 0. The van der Waals surface area contributed by atoms with Gasteiger partial charge in [-0.2, -0.15) is 0 Å². The van der Waals surface area contributed by atoms with E-state index in [1.54, 1.807) is 0 Å². The lowest BCUT2D eigenvalue weighted by Gasteiger charge is -2.09. The van der Waals surface area contributed by atoms with Crippen LogP contribution in [-0.2, 0) is 0 Å². The zero-order valence-corrected chi connectivity index (χ0v) is 10.5. The first kappa shape index (κ1) is 11.0. The van der Waals surface area contributed by atoms with Crippen molar-refractivity contribution < 1.29 is 0 Å². The molecule has 16 heavy (non-hydrogen) atoms. The highest BCUT2D eigenvalue weighted by Gasteiger charge is 2.08. The maximum atomic E-state index is 5.74. The molecule has 0 aliphatic carbocycles. The van der Waals surface area contributed by atoms with Crippen molar-refractivity contribution in [2.45, 2.75) is 20.8 Å². The number of benzene rings is 1. The van der Waals surface area contributed by atoms with Crippen molar-refractivity contribution in [1.82, 2.24) is 4.98 Å². The summed E-state index contributed by atoms with van der Waals surface area (Å²) in [5.74, 6) is 0. The molecule has 0 fully saturated rings. The van der Waals surface area contributed by atoms with E-state index in [0.717, 1.165) is 27.7 Å². The van der Waals surface area contributed by atoms with Crippen LogP contribution in [0.15, 0.2) is 18.2 Å². The molecule has 82 valence electrons. The van der Waals surface area contributed by atoms with E-state index in [-0.39, 0.29) is 0 Å². The van der Waals surface area contributed by atoms with Gasteiger partial charge in [0.1, 0.15) is 4.99 Å². The van der Waals surface area contributed by atoms with Crippen molar-refractivity contribution >= 4 is 28.1 Å². The molecule has 0 saturated heterocycles. The smallest absolute Gasteiger partial charge is 0.106 e. The molecule has 3 heteroatoms. The van der Waals surface area contributed by atoms with Crippen LogP contribution < -0.4 is 5.73 Å². The van der Waals surface area contributed by atoms with Gasteiger partial charge in [0.2, 0.25) is 0 Å². The minimum Gasteiger partial charge on any atom is -0.389 e. The highest BCUT2D eigenvalue weighted by molar-refractivity contribution is 7.80. The molecule has 2 aromatic rings. The van der Waals surface area contributed by atoms with Gasteiger partial charge in [0.15, 0.2) is 0 Å². The first-order chi connectivity index (χ1) is 7.49. The Kier molecular flexibility index (Phi) is 2.64. The summed E-state index contributed by atoms with van der Waals surface area (Å²) in [6.45, 7) is 6.11. The van der Waals surface area contributed by atoms with Gasteiger partial charge < -0.3 is 5.73 Å². The van der Waals surface area contributed by atoms with Crippen molar-refractivity contribution in [2.75, 3.05) is 0 Å². The molecule has 2 nitrogen and oxygen atoms in total. The van der Waals surface area contributed by atoms with Gasteiger partial charge in [0, 0.05) is 16.6 Å². The normalized spacial score (nSPS) is 10.7. The second-order valence-corrected chi connectivity index (χ2v) is 4.59. The Morgan fingerprint density at radius 1 is 1.19 bits per heavy atom. The van der Waals surface area contributed by atoms with Gasteiger partial charge >= 0.3 is 0 Å². The fourth-order valence-corrected chi connectivity index (χ4v) is 2.14. The molecule has 0 spiro atoms. The molecule has 1 aromatic carbocycles. The summed E-state index contributed by atoms with van der Waals surface area (Å²) in [4.78, 5) is 4.94. The molecule has 0 unspecified atom stereocenters. The lowest BCUT2D eigenvalue weighted by molar-refractivity contribution is 1.23. The minimum absolute atomic E-state index is 0.409. The molecule has 0 aliphatic heterocycles. The Labute approximate surface area is 100 Å². The van der Waals surface area contributed by atoms with Crippen LogP contribution in [-0.4, -0.2) is 9.97 Å². The highest BCUT2D eigenvalue weighted by atomic mass is 32.1. The Morgan fingerprint density at radius 2 is 1.88 bits per heavy atom. The van der Waals surface area contributed by atoms with Crippen LogP contribution in [0.3, 0.4) is 0 Å². The third-order valence-corrected chi connectivity index (χ3v) is 2.88. The summed E-state index contributed by atoms with van der Waals surface area (Å²) < 4.78 is 0. The number of aryl methyl sites for hydroxylation is 3. The van der Waals surface area contributed by atoms with E-state index in [2.05, 4.69) is 24.0 Å². The van der Waals surface area contributed by atoms with E-state index in [1.807, 2.05) is 19.9 Å². The topological polar surface area (TPSA) is 38.9 Å². The number of nitrogens with two attached hydrogens (primary N) is 1. The number of rotatable bonds is 1. The van der Waals surface area contributed by atoms with E-state index in [4.69, 9.17) is 18.0 Å². The molecule has 1 aromatic heterocycles. The average Bonchev–Trinajstić information content (AvgIpc) is 2.18. The predicted octanol–water partition coefficient (Wildman–Crippen LogP) is 2.79. The van der Waals surface area contributed by atoms with Crippen LogP contribution in [0.2, 0.25) is 0 Å². The van der Waals surface area contributed by atoms with Crippen molar-refractivity contribution in [3.05, 3.63) is 40.6 Å². The Balaban J connectivity index is 2.95. The predicted molar refractivity (Wildman–Crippen MR) is 71.8 cm³/mol. The minimum atomic E-state index is 0.409. The summed E-state index contributed by atoms with van der Waals surface area (Å²) >= 11 is 5.07. The average molecular weight is 230 g/mol. The molecule has 2 rings (SSSR count). The lowest BCUT2D eigenvalue weighted by atomic mass is 10.0. The van der Waals surface area contributed by atoms with E-state index >= 15 is 0 Å². The number of hydrogen-bond donors (Lipinski definition) is 1. The summed E-state index contributed by atoms with van der Waals surface area (Å²) in [5.41, 5.74) is 10.9. The van der Waals surface area contributed by atoms with E-state index in [0.29, 0.717) is 4.99 Å². The zero-order valence-electron chi connectivity index (χ0n) is 9.66. The monoisotopic (exact) mass is 230 g/mol. The zero-order chi connectivity index (χ0) is 11.9. The summed E-state index contributed by atoms with van der Waals surface area (Å²) in [6.07, 6.45) is 0. The van der Waals surface area contributed by atoms with Gasteiger partial charge in [-0.3, -0.25) is 4.98 Å². The van der Waals surface area contributed by atoms with Gasteiger partial charge in [-0.05, 0) is 50.1 Å². The quantitative estimate of drug-likeness (QED) is 0.766. The third kappa shape index (κ3) is 1.78. The van der Waals surface area contributed by atoms with Crippen LogP contribution in [0.1, 0.15) is 22.4 Å². The van der Waals surface area contributed by atoms with Crippen LogP contribution in [0.4, 0.5) is 0 Å². The van der Waals surface area contributed by atoms with Gasteiger partial charge in [-0.15, -0.1) is 0 Å². The number of fused-ring (bicyclic) bond motifs is 1. The largest absolute Gasteiger partial charge is 0.389 e. The van der Waals surface area contributed by atoms with Gasteiger partial charge in [0.25, 0.3) is 0 Å². The fraction of sp³-hybridized carbons (Fsp3) is 0.231. The van der Waals surface area contributed by atoms with E-state index in [1.165, 1.54) is 5.56 Å². The number of thiocarbonyl (C=S) groups is 1. The molecule has 2 N–H and O–H groups in total. The Hall–Kier alpha value is -1.48. The maximum Gasteiger partial charge on any atom is 0.106 e. The van der Waals surface area contributed by atoms with Crippen LogP contribution in [0.5, 0.6) is 0 Å².